The first-order valence-corrected chi connectivity index (χ1v) is 7.93. The Hall–Kier alpha value is -2.34. The molecule has 1 saturated heterocycles. The second kappa shape index (κ2) is 8.49. The van der Waals surface area contributed by atoms with Crippen LogP contribution in [0.3, 0.4) is 0 Å². The fourth-order valence-electron chi connectivity index (χ4n) is 2.75. The van der Waals surface area contributed by atoms with Crippen molar-refractivity contribution in [1.29, 1.82) is 0 Å². The molecule has 1 aliphatic rings. The molecule has 0 saturated carbocycles. The van der Waals surface area contributed by atoms with Crippen molar-refractivity contribution in [3.05, 3.63) is 48.4 Å². The highest BCUT2D eigenvalue weighted by atomic mass is 35.5. The number of carbonyl (C=O) groups excluding carboxylic acids is 1. The Morgan fingerprint density at radius 2 is 1.83 bits per heavy atom. The summed E-state index contributed by atoms with van der Waals surface area (Å²) in [4.78, 5) is 25.1. The number of amides is 1. The number of aromatic nitrogens is 2. The van der Waals surface area contributed by atoms with Crippen LogP contribution < -0.4 is 10.2 Å². The van der Waals surface area contributed by atoms with E-state index in [4.69, 9.17) is 0 Å². The predicted molar refractivity (Wildman–Crippen MR) is 98.0 cm³/mol. The van der Waals surface area contributed by atoms with Crippen LogP contribution in [0.5, 0.6) is 0 Å². The first-order valence-electron chi connectivity index (χ1n) is 7.93. The van der Waals surface area contributed by atoms with Gasteiger partial charge in [0.25, 0.3) is 5.91 Å². The van der Waals surface area contributed by atoms with Crippen molar-refractivity contribution >= 4 is 29.8 Å². The normalized spacial score (nSPS) is 14.0. The second-order valence-electron chi connectivity index (χ2n) is 5.40. The molecule has 1 amide bonds. The maximum atomic E-state index is 12.4. The molecule has 0 bridgehead atoms. The fourth-order valence-corrected chi connectivity index (χ4v) is 2.75. The van der Waals surface area contributed by atoms with E-state index in [1.807, 2.05) is 35.4 Å². The smallest absolute Gasteiger partial charge is 0.272 e. The van der Waals surface area contributed by atoms with Crippen molar-refractivity contribution in [1.82, 2.24) is 14.9 Å². The van der Waals surface area contributed by atoms with E-state index in [0.717, 1.165) is 31.1 Å². The zero-order valence-corrected chi connectivity index (χ0v) is 14.5. The van der Waals surface area contributed by atoms with Gasteiger partial charge in [0.1, 0.15) is 5.69 Å². The summed E-state index contributed by atoms with van der Waals surface area (Å²) in [6, 6.07) is 9.39. The minimum atomic E-state index is -0.00169. The summed E-state index contributed by atoms with van der Waals surface area (Å²) in [6.07, 6.45) is 3.46. The Morgan fingerprint density at radius 1 is 1.08 bits per heavy atom. The molecule has 2 aromatic heterocycles. The van der Waals surface area contributed by atoms with Crippen LogP contribution in [0.15, 0.2) is 42.7 Å². The summed E-state index contributed by atoms with van der Waals surface area (Å²) in [5, 5.41) is 3.34. The summed E-state index contributed by atoms with van der Waals surface area (Å²) < 4.78 is 0. The van der Waals surface area contributed by atoms with Gasteiger partial charge in [-0.15, -0.1) is 12.4 Å². The SMILES string of the molecule is CCNc1cccnc1N1CCN(C(=O)c2ccccn2)CC1.Cl. The zero-order chi connectivity index (χ0) is 16.1. The van der Waals surface area contributed by atoms with Crippen molar-refractivity contribution in [2.75, 3.05) is 42.9 Å². The van der Waals surface area contributed by atoms with Crippen molar-refractivity contribution in [3.63, 3.8) is 0 Å². The Balaban J connectivity index is 0.00000208. The van der Waals surface area contributed by atoms with Gasteiger partial charge in [0.2, 0.25) is 0 Å². The number of nitrogens with zero attached hydrogens (tertiary/aromatic N) is 4. The largest absolute Gasteiger partial charge is 0.382 e. The molecule has 0 aliphatic carbocycles. The first kappa shape index (κ1) is 18.0. The van der Waals surface area contributed by atoms with Crippen LogP contribution in [0.2, 0.25) is 0 Å². The van der Waals surface area contributed by atoms with Gasteiger partial charge >= 0.3 is 0 Å². The van der Waals surface area contributed by atoms with E-state index in [-0.39, 0.29) is 18.3 Å². The Bertz CT molecular complexity index is 659. The third-order valence-electron chi connectivity index (χ3n) is 3.90. The zero-order valence-electron chi connectivity index (χ0n) is 13.7. The Labute approximate surface area is 148 Å². The molecule has 1 N–H and O–H groups in total. The van der Waals surface area contributed by atoms with Crippen molar-refractivity contribution in [3.8, 4) is 0 Å². The summed E-state index contributed by atoms with van der Waals surface area (Å²) in [6.45, 7) is 5.83. The molecular weight excluding hydrogens is 326 g/mol. The van der Waals surface area contributed by atoms with E-state index in [1.54, 1.807) is 12.3 Å². The van der Waals surface area contributed by atoms with Crippen LogP contribution in [-0.2, 0) is 0 Å². The molecule has 3 rings (SSSR count). The highest BCUT2D eigenvalue weighted by molar-refractivity contribution is 5.92. The van der Waals surface area contributed by atoms with Gasteiger partial charge in [0.15, 0.2) is 5.82 Å². The Morgan fingerprint density at radius 3 is 2.50 bits per heavy atom. The number of piperazine rings is 1. The molecule has 1 aliphatic heterocycles. The molecule has 0 radical (unpaired) electrons. The molecule has 0 unspecified atom stereocenters. The lowest BCUT2D eigenvalue weighted by molar-refractivity contribution is 0.0740. The molecule has 0 aromatic carbocycles. The van der Waals surface area contributed by atoms with Gasteiger partial charge < -0.3 is 15.1 Å². The van der Waals surface area contributed by atoms with E-state index in [9.17, 15) is 4.79 Å². The summed E-state index contributed by atoms with van der Waals surface area (Å²) in [7, 11) is 0. The highest BCUT2D eigenvalue weighted by Gasteiger charge is 2.24. The van der Waals surface area contributed by atoms with Gasteiger partial charge in [-0.25, -0.2) is 4.98 Å². The topological polar surface area (TPSA) is 61.4 Å². The van der Waals surface area contributed by atoms with Gasteiger partial charge in [-0.1, -0.05) is 6.07 Å². The average Bonchev–Trinajstić information content (AvgIpc) is 2.63. The van der Waals surface area contributed by atoms with E-state index >= 15 is 0 Å². The van der Waals surface area contributed by atoms with Gasteiger partial charge in [-0.3, -0.25) is 9.78 Å². The van der Waals surface area contributed by atoms with Crippen molar-refractivity contribution in [2.24, 2.45) is 0 Å². The first-order chi connectivity index (χ1) is 11.3. The number of carbonyl (C=O) groups is 1. The van der Waals surface area contributed by atoms with Gasteiger partial charge in [0, 0.05) is 45.1 Å². The molecule has 24 heavy (non-hydrogen) atoms. The molecule has 2 aromatic rings. The molecule has 0 atom stereocenters. The maximum Gasteiger partial charge on any atom is 0.272 e. The summed E-state index contributed by atoms with van der Waals surface area (Å²) in [5.41, 5.74) is 1.55. The number of halogens is 1. The predicted octanol–water partition coefficient (Wildman–Crippen LogP) is 2.29. The molecule has 0 spiro atoms. The van der Waals surface area contributed by atoms with Crippen LogP contribution in [0.4, 0.5) is 11.5 Å². The second-order valence-corrected chi connectivity index (χ2v) is 5.40. The van der Waals surface area contributed by atoms with Crippen LogP contribution in [0.25, 0.3) is 0 Å². The number of nitrogens with one attached hydrogen (secondary N) is 1. The fraction of sp³-hybridized carbons (Fsp3) is 0.353. The van der Waals surface area contributed by atoms with Crippen molar-refractivity contribution in [2.45, 2.75) is 6.92 Å². The van der Waals surface area contributed by atoms with Gasteiger partial charge in [-0.2, -0.15) is 0 Å². The van der Waals surface area contributed by atoms with E-state index in [2.05, 4.69) is 27.1 Å². The van der Waals surface area contributed by atoms with E-state index in [0.29, 0.717) is 18.8 Å². The van der Waals surface area contributed by atoms with E-state index < -0.39 is 0 Å². The molecular formula is C17H22ClN5O. The van der Waals surface area contributed by atoms with Crippen molar-refractivity contribution < 1.29 is 4.79 Å². The van der Waals surface area contributed by atoms with Gasteiger partial charge in [-0.05, 0) is 31.2 Å². The van der Waals surface area contributed by atoms with E-state index in [1.165, 1.54) is 0 Å². The lowest BCUT2D eigenvalue weighted by atomic mass is 10.2. The summed E-state index contributed by atoms with van der Waals surface area (Å²) in [5.74, 6) is 0.956. The molecule has 128 valence electrons. The lowest BCUT2D eigenvalue weighted by Gasteiger charge is -2.36. The minimum Gasteiger partial charge on any atom is -0.382 e. The molecule has 7 heteroatoms. The number of hydrogen-bond acceptors (Lipinski definition) is 5. The maximum absolute atomic E-state index is 12.4. The number of pyridine rings is 2. The third kappa shape index (κ3) is 3.94. The quantitative estimate of drug-likeness (QED) is 0.919. The molecule has 1 fully saturated rings. The molecule has 3 heterocycles. The number of hydrogen-bond donors (Lipinski definition) is 1. The number of rotatable bonds is 4. The third-order valence-corrected chi connectivity index (χ3v) is 3.90. The van der Waals surface area contributed by atoms with Gasteiger partial charge in [0.05, 0.1) is 5.69 Å². The molecule has 6 nitrogen and oxygen atoms in total. The standard InChI is InChI=1S/C17H21N5O.ClH/c1-2-18-14-7-5-9-20-16(14)21-10-12-22(13-11-21)17(23)15-6-3-4-8-19-15;/h3-9,18H,2,10-13H2,1H3;1H. The average molecular weight is 348 g/mol. The lowest BCUT2D eigenvalue weighted by Crippen LogP contribution is -2.49. The van der Waals surface area contributed by atoms with Crippen LogP contribution >= 0.6 is 12.4 Å². The summed E-state index contributed by atoms with van der Waals surface area (Å²) >= 11 is 0. The monoisotopic (exact) mass is 347 g/mol. The Kier molecular flexibility index (Phi) is 6.37. The highest BCUT2D eigenvalue weighted by Crippen LogP contribution is 2.23. The van der Waals surface area contributed by atoms with Crippen LogP contribution in [0, 0.1) is 0 Å². The minimum absolute atomic E-state index is 0. The number of anilines is 2. The van der Waals surface area contributed by atoms with Crippen LogP contribution in [0.1, 0.15) is 17.4 Å². The van der Waals surface area contributed by atoms with Crippen LogP contribution in [-0.4, -0.2) is 53.5 Å².